The van der Waals surface area contributed by atoms with Gasteiger partial charge in [-0.3, -0.25) is 0 Å². The molecule has 5 nitrogen and oxygen atoms in total. The molecule has 0 aromatic carbocycles. The molecule has 1 saturated heterocycles. The molecule has 2 fully saturated rings. The highest BCUT2D eigenvalue weighted by Gasteiger charge is 2.32. The molecule has 2 aliphatic rings. The van der Waals surface area contributed by atoms with E-state index >= 15 is 0 Å². The largest absolute Gasteiger partial charge is 0.394 e. The monoisotopic (exact) mass is 325 g/mol. The molecule has 134 valence electrons. The molecule has 0 spiro atoms. The minimum atomic E-state index is -0.525. The van der Waals surface area contributed by atoms with E-state index in [1.54, 1.807) is 0 Å². The van der Waals surface area contributed by atoms with Gasteiger partial charge in [-0.05, 0) is 58.4 Å². The third-order valence-electron chi connectivity index (χ3n) is 5.71. The highest BCUT2D eigenvalue weighted by Crippen LogP contribution is 2.30. The van der Waals surface area contributed by atoms with Crippen molar-refractivity contribution in [1.82, 2.24) is 15.5 Å². The maximum absolute atomic E-state index is 12.3. The third-order valence-corrected chi connectivity index (χ3v) is 5.71. The number of hydrogen-bond donors (Lipinski definition) is 3. The second-order valence-corrected chi connectivity index (χ2v) is 7.84. The second kappa shape index (κ2) is 8.34. The predicted octanol–water partition coefficient (Wildman–Crippen LogP) is 2.49. The summed E-state index contributed by atoms with van der Waals surface area (Å²) < 4.78 is 0. The van der Waals surface area contributed by atoms with Crippen LogP contribution in [0, 0.1) is 5.92 Å². The molecule has 3 N–H and O–H groups in total. The lowest BCUT2D eigenvalue weighted by Crippen LogP contribution is -2.56. The normalized spacial score (nSPS) is 26.9. The first-order valence-corrected chi connectivity index (χ1v) is 9.41. The van der Waals surface area contributed by atoms with E-state index in [0.29, 0.717) is 5.92 Å². The van der Waals surface area contributed by atoms with Gasteiger partial charge in [0.2, 0.25) is 0 Å². The maximum Gasteiger partial charge on any atom is 0.315 e. The number of amides is 2. The van der Waals surface area contributed by atoms with Gasteiger partial charge in [0.1, 0.15) is 0 Å². The van der Waals surface area contributed by atoms with E-state index in [4.69, 9.17) is 0 Å². The quantitative estimate of drug-likeness (QED) is 0.674. The maximum atomic E-state index is 12.3. The van der Waals surface area contributed by atoms with Gasteiger partial charge >= 0.3 is 6.03 Å². The van der Waals surface area contributed by atoms with Crippen molar-refractivity contribution >= 4 is 6.03 Å². The summed E-state index contributed by atoms with van der Waals surface area (Å²) in [5.74, 6) is 0.529. The van der Waals surface area contributed by atoms with Crippen molar-refractivity contribution in [2.75, 3.05) is 19.7 Å². The van der Waals surface area contributed by atoms with Crippen LogP contribution in [0.15, 0.2) is 0 Å². The number of nitrogens with zero attached hydrogens (tertiary/aromatic N) is 1. The van der Waals surface area contributed by atoms with Crippen LogP contribution in [0.1, 0.15) is 65.7 Å². The second-order valence-electron chi connectivity index (χ2n) is 7.84. The molecule has 2 amide bonds. The zero-order chi connectivity index (χ0) is 16.9. The fourth-order valence-corrected chi connectivity index (χ4v) is 3.90. The van der Waals surface area contributed by atoms with E-state index in [2.05, 4.69) is 29.4 Å². The van der Waals surface area contributed by atoms with Crippen molar-refractivity contribution in [1.29, 1.82) is 0 Å². The molecule has 0 radical (unpaired) electrons. The van der Waals surface area contributed by atoms with Crippen LogP contribution in [0.4, 0.5) is 4.79 Å². The van der Waals surface area contributed by atoms with Crippen molar-refractivity contribution in [2.24, 2.45) is 5.92 Å². The predicted molar refractivity (Wildman–Crippen MR) is 93.5 cm³/mol. The molecular formula is C18H35N3O2. The van der Waals surface area contributed by atoms with E-state index in [0.717, 1.165) is 25.4 Å². The molecule has 0 aromatic rings. The number of likely N-dealkylation sites (tertiary alicyclic amines) is 1. The van der Waals surface area contributed by atoms with Crippen LogP contribution in [-0.4, -0.2) is 53.4 Å². The number of rotatable bonds is 7. The third kappa shape index (κ3) is 5.08. The SMILES string of the molecule is CCCC(C)(CO)NC(=O)NC(C)C1CCCN(C2CCC2)C1. The number of carbonyl (C=O) groups excluding carboxylic acids is 1. The topological polar surface area (TPSA) is 64.6 Å². The van der Waals surface area contributed by atoms with E-state index in [1.165, 1.54) is 38.6 Å². The number of aliphatic hydroxyl groups is 1. The van der Waals surface area contributed by atoms with Gasteiger partial charge in [-0.1, -0.05) is 19.8 Å². The van der Waals surface area contributed by atoms with Crippen LogP contribution < -0.4 is 10.6 Å². The number of nitrogens with one attached hydrogen (secondary N) is 2. The Hall–Kier alpha value is -0.810. The van der Waals surface area contributed by atoms with E-state index in [9.17, 15) is 9.90 Å². The van der Waals surface area contributed by atoms with Gasteiger partial charge in [-0.25, -0.2) is 4.79 Å². The molecule has 1 aliphatic heterocycles. The van der Waals surface area contributed by atoms with E-state index in [-0.39, 0.29) is 18.7 Å². The Kier molecular flexibility index (Phi) is 6.72. The van der Waals surface area contributed by atoms with Gasteiger partial charge in [-0.2, -0.15) is 0 Å². The van der Waals surface area contributed by atoms with E-state index < -0.39 is 5.54 Å². The van der Waals surface area contributed by atoms with Crippen molar-refractivity contribution in [3.8, 4) is 0 Å². The highest BCUT2D eigenvalue weighted by atomic mass is 16.3. The van der Waals surface area contributed by atoms with Gasteiger partial charge in [0.15, 0.2) is 0 Å². The average molecular weight is 325 g/mol. The lowest BCUT2D eigenvalue weighted by molar-refractivity contribution is 0.0674. The average Bonchev–Trinajstić information content (AvgIpc) is 2.45. The number of urea groups is 1. The molecule has 0 bridgehead atoms. The molecule has 5 heteroatoms. The summed E-state index contributed by atoms with van der Waals surface area (Å²) in [5.41, 5.74) is -0.525. The Morgan fingerprint density at radius 1 is 1.35 bits per heavy atom. The van der Waals surface area contributed by atoms with Gasteiger partial charge in [0.25, 0.3) is 0 Å². The zero-order valence-electron chi connectivity index (χ0n) is 15.1. The molecule has 2 rings (SSSR count). The number of hydrogen-bond acceptors (Lipinski definition) is 3. The number of piperidine rings is 1. The lowest BCUT2D eigenvalue weighted by Gasteiger charge is -2.44. The van der Waals surface area contributed by atoms with Crippen LogP contribution in [-0.2, 0) is 0 Å². The fraction of sp³-hybridized carbons (Fsp3) is 0.944. The molecule has 3 unspecified atom stereocenters. The minimum Gasteiger partial charge on any atom is -0.394 e. The molecule has 3 atom stereocenters. The first kappa shape index (κ1) is 18.5. The number of carbonyl (C=O) groups is 1. The Morgan fingerprint density at radius 2 is 2.09 bits per heavy atom. The molecule has 0 aromatic heterocycles. The molecule has 1 aliphatic carbocycles. The Labute approximate surface area is 141 Å². The van der Waals surface area contributed by atoms with Gasteiger partial charge in [0, 0.05) is 18.6 Å². The first-order valence-electron chi connectivity index (χ1n) is 9.41. The van der Waals surface area contributed by atoms with Crippen LogP contribution >= 0.6 is 0 Å². The van der Waals surface area contributed by atoms with Gasteiger partial charge < -0.3 is 20.6 Å². The smallest absolute Gasteiger partial charge is 0.315 e. The summed E-state index contributed by atoms with van der Waals surface area (Å²) in [4.78, 5) is 14.9. The number of aliphatic hydroxyl groups excluding tert-OH is 1. The Morgan fingerprint density at radius 3 is 2.65 bits per heavy atom. The van der Waals surface area contributed by atoms with Crippen LogP contribution in [0.5, 0.6) is 0 Å². The van der Waals surface area contributed by atoms with Crippen LogP contribution in [0.25, 0.3) is 0 Å². The summed E-state index contributed by atoms with van der Waals surface area (Å²) in [6.45, 7) is 8.39. The van der Waals surface area contributed by atoms with Crippen molar-refractivity contribution in [2.45, 2.75) is 83.3 Å². The molecule has 1 saturated carbocycles. The van der Waals surface area contributed by atoms with Gasteiger partial charge in [0.05, 0.1) is 12.1 Å². The summed E-state index contributed by atoms with van der Waals surface area (Å²) >= 11 is 0. The summed E-state index contributed by atoms with van der Waals surface area (Å²) in [6, 6.07) is 0.812. The van der Waals surface area contributed by atoms with Gasteiger partial charge in [-0.15, -0.1) is 0 Å². The lowest BCUT2D eigenvalue weighted by atomic mass is 9.85. The van der Waals surface area contributed by atoms with Crippen LogP contribution in [0.3, 0.4) is 0 Å². The standard InChI is InChI=1S/C18H35N3O2/c1-4-10-18(3,13-22)20-17(23)19-14(2)15-7-6-11-21(12-15)16-8-5-9-16/h14-16,22H,4-13H2,1-3H3,(H2,19,20,23). The van der Waals surface area contributed by atoms with Crippen molar-refractivity contribution in [3.63, 3.8) is 0 Å². The fourth-order valence-electron chi connectivity index (χ4n) is 3.90. The summed E-state index contributed by atoms with van der Waals surface area (Å²) in [6.07, 6.45) is 8.22. The zero-order valence-corrected chi connectivity index (χ0v) is 15.1. The molecular weight excluding hydrogens is 290 g/mol. The molecule has 23 heavy (non-hydrogen) atoms. The van der Waals surface area contributed by atoms with Crippen molar-refractivity contribution < 1.29 is 9.90 Å². The Balaban J connectivity index is 1.80. The summed E-state index contributed by atoms with van der Waals surface area (Å²) in [5, 5.41) is 15.6. The van der Waals surface area contributed by atoms with Crippen molar-refractivity contribution in [3.05, 3.63) is 0 Å². The Bertz CT molecular complexity index is 386. The highest BCUT2D eigenvalue weighted by molar-refractivity contribution is 5.75. The molecule has 1 heterocycles. The van der Waals surface area contributed by atoms with E-state index in [1.807, 2.05) is 6.92 Å². The minimum absolute atomic E-state index is 0.0263. The van der Waals surface area contributed by atoms with Crippen LogP contribution in [0.2, 0.25) is 0 Å². The first-order chi connectivity index (χ1) is 11.0. The summed E-state index contributed by atoms with van der Waals surface area (Å²) in [7, 11) is 0.